The number of carboxylic acids is 2. The summed E-state index contributed by atoms with van der Waals surface area (Å²) in [6.07, 6.45) is -2.23. The molecular formula is C24H29F7N4O6. The molecule has 2 aromatic rings. The maximum atomic E-state index is 12.0. The second-order valence-corrected chi connectivity index (χ2v) is 9.64. The Labute approximate surface area is 229 Å². The molecule has 4 rings (SSSR count). The van der Waals surface area contributed by atoms with Crippen molar-refractivity contribution in [2.75, 3.05) is 26.4 Å². The molecule has 10 nitrogen and oxygen atoms in total. The van der Waals surface area contributed by atoms with Crippen molar-refractivity contribution in [3.63, 3.8) is 0 Å². The first-order valence-corrected chi connectivity index (χ1v) is 12.2. The molecule has 0 radical (unpaired) electrons. The number of carboxylic acid groups (broad SMARTS) is 2. The van der Waals surface area contributed by atoms with Crippen LogP contribution < -0.4 is 5.32 Å². The average Bonchev–Trinajstić information content (AvgIpc) is 3.24. The summed E-state index contributed by atoms with van der Waals surface area (Å²) in [5.74, 6) is -5.51. The Morgan fingerprint density at radius 3 is 2.07 bits per heavy atom. The summed E-state index contributed by atoms with van der Waals surface area (Å²) < 4.78 is 82.4. The number of hydrogen-bond acceptors (Lipinski definition) is 6. The Bertz CT molecular complexity index is 1160. The zero-order valence-electron chi connectivity index (χ0n) is 21.8. The monoisotopic (exact) mass is 602 g/mol. The fraction of sp³-hybridized carbons (Fsp3) is 0.583. The lowest BCUT2D eigenvalue weighted by molar-refractivity contribution is -0.193. The number of nitrogens with one attached hydrogen (secondary N) is 1. The normalized spacial score (nSPS) is 17.0. The van der Waals surface area contributed by atoms with Crippen LogP contribution in [-0.2, 0) is 20.9 Å². The first kappa shape index (κ1) is 33.6. The van der Waals surface area contributed by atoms with Crippen molar-refractivity contribution in [2.45, 2.75) is 57.5 Å². The molecule has 17 heteroatoms. The van der Waals surface area contributed by atoms with Gasteiger partial charge in [0.1, 0.15) is 18.9 Å². The van der Waals surface area contributed by atoms with E-state index in [1.165, 1.54) is 11.3 Å². The Hall–Kier alpha value is -3.63. The molecular weight excluding hydrogens is 573 g/mol. The van der Waals surface area contributed by atoms with Gasteiger partial charge in [-0.2, -0.15) is 26.3 Å². The summed E-state index contributed by atoms with van der Waals surface area (Å²) in [4.78, 5) is 36.3. The summed E-state index contributed by atoms with van der Waals surface area (Å²) in [6.45, 7) is 4.35. The van der Waals surface area contributed by atoms with Crippen LogP contribution in [0.3, 0.4) is 0 Å². The molecule has 1 saturated carbocycles. The third-order valence-electron chi connectivity index (χ3n) is 6.51. The molecule has 3 N–H and O–H groups in total. The van der Waals surface area contributed by atoms with Gasteiger partial charge in [-0.3, -0.25) is 4.90 Å². The van der Waals surface area contributed by atoms with E-state index in [9.17, 15) is 35.5 Å². The van der Waals surface area contributed by atoms with Crippen LogP contribution in [0.5, 0.6) is 0 Å². The van der Waals surface area contributed by atoms with E-state index in [2.05, 4.69) is 44.9 Å². The minimum absolute atomic E-state index is 0.165. The summed E-state index contributed by atoms with van der Waals surface area (Å²) in [6, 6.07) is 4.32. The van der Waals surface area contributed by atoms with E-state index < -0.39 is 37.1 Å². The van der Waals surface area contributed by atoms with Gasteiger partial charge in [0.2, 0.25) is 0 Å². The second-order valence-electron chi connectivity index (χ2n) is 9.64. The molecule has 2 aliphatic rings. The molecule has 3 heterocycles. The van der Waals surface area contributed by atoms with Crippen molar-refractivity contribution in [1.82, 2.24) is 19.6 Å². The van der Waals surface area contributed by atoms with Gasteiger partial charge < -0.3 is 24.7 Å². The highest BCUT2D eigenvalue weighted by atomic mass is 19.4. The van der Waals surface area contributed by atoms with Crippen molar-refractivity contribution < 1.29 is 60.1 Å². The Morgan fingerprint density at radius 2 is 1.59 bits per heavy atom. The quantitative estimate of drug-likeness (QED) is 0.431. The van der Waals surface area contributed by atoms with Gasteiger partial charge in [-0.15, -0.1) is 0 Å². The molecule has 1 aliphatic carbocycles. The molecule has 2 aromatic heterocycles. The number of carbonyl (C=O) groups excluding carboxylic acids is 1. The number of rotatable bonds is 5. The molecule has 0 bridgehead atoms. The van der Waals surface area contributed by atoms with Crippen molar-refractivity contribution >= 4 is 23.7 Å². The minimum atomic E-state index is -5.08. The molecule has 230 valence electrons. The number of likely N-dealkylation sites (tertiary alicyclic amines) is 1. The largest absolute Gasteiger partial charge is 0.490 e. The Kier molecular flexibility index (Phi) is 11.3. The van der Waals surface area contributed by atoms with Crippen LogP contribution in [0.25, 0.3) is 5.65 Å². The van der Waals surface area contributed by atoms with Crippen molar-refractivity contribution in [2.24, 2.45) is 5.41 Å². The van der Waals surface area contributed by atoms with Gasteiger partial charge in [-0.1, -0.05) is 6.07 Å². The molecule has 1 saturated heterocycles. The van der Waals surface area contributed by atoms with Crippen LogP contribution in [0.2, 0.25) is 0 Å². The molecule has 0 unspecified atom stereocenters. The number of carbonyl (C=O) groups is 3. The number of fused-ring (bicyclic) bond motifs is 1. The van der Waals surface area contributed by atoms with E-state index in [0.29, 0.717) is 5.41 Å². The second kappa shape index (κ2) is 13.8. The summed E-state index contributed by atoms with van der Waals surface area (Å²) in [5, 5.41) is 17.1. The van der Waals surface area contributed by atoms with E-state index >= 15 is 0 Å². The number of aromatic nitrogens is 2. The zero-order chi connectivity index (χ0) is 31.0. The van der Waals surface area contributed by atoms with Crippen LogP contribution >= 0.6 is 0 Å². The maximum Gasteiger partial charge on any atom is 0.490 e. The van der Waals surface area contributed by atoms with Crippen LogP contribution in [0.4, 0.5) is 35.5 Å². The van der Waals surface area contributed by atoms with E-state index in [1.54, 1.807) is 0 Å². The first-order chi connectivity index (χ1) is 19.0. The fourth-order valence-electron chi connectivity index (χ4n) is 4.50. The van der Waals surface area contributed by atoms with Crippen LogP contribution in [0, 0.1) is 12.3 Å². The molecule has 1 amide bonds. The van der Waals surface area contributed by atoms with E-state index in [0.717, 1.165) is 51.0 Å². The highest BCUT2D eigenvalue weighted by Crippen LogP contribution is 2.49. The molecule has 2 fully saturated rings. The minimum Gasteiger partial charge on any atom is -0.475 e. The third-order valence-corrected chi connectivity index (χ3v) is 6.51. The van der Waals surface area contributed by atoms with Gasteiger partial charge in [0.05, 0.1) is 11.9 Å². The van der Waals surface area contributed by atoms with Crippen LogP contribution in [0.15, 0.2) is 24.5 Å². The number of alkyl halides is 7. The van der Waals surface area contributed by atoms with Gasteiger partial charge in [0.25, 0.3) is 0 Å². The lowest BCUT2D eigenvalue weighted by Crippen LogP contribution is -2.54. The summed E-state index contributed by atoms with van der Waals surface area (Å²) in [7, 11) is 0. The fourth-order valence-corrected chi connectivity index (χ4v) is 4.50. The van der Waals surface area contributed by atoms with Crippen LogP contribution in [0.1, 0.15) is 36.9 Å². The zero-order valence-corrected chi connectivity index (χ0v) is 21.8. The average molecular weight is 603 g/mol. The van der Waals surface area contributed by atoms with Crippen molar-refractivity contribution in [1.29, 1.82) is 0 Å². The highest BCUT2D eigenvalue weighted by Gasteiger charge is 2.46. The summed E-state index contributed by atoms with van der Waals surface area (Å²) >= 11 is 0. The Balaban J connectivity index is 0.000000349. The van der Waals surface area contributed by atoms with Gasteiger partial charge in [-0.25, -0.2) is 23.8 Å². The highest BCUT2D eigenvalue weighted by molar-refractivity contribution is 5.73. The lowest BCUT2D eigenvalue weighted by atomic mass is 9.60. The van der Waals surface area contributed by atoms with E-state index in [1.807, 2.05) is 6.20 Å². The van der Waals surface area contributed by atoms with E-state index in [-0.39, 0.29) is 12.6 Å². The molecule has 41 heavy (non-hydrogen) atoms. The standard InChI is InChI=1S/C20H27FN4O2.2C2HF3O2/c1-15-2-3-18-22-12-17(25(18)13-15)14-24-7-4-20(5-8-24)10-16(11-20)23-19(26)27-9-6-21;2*3-2(4,5)1(6)7/h2-3,12-13,16H,4-11,14H2,1H3,(H,23,26);2*(H,6,7). The number of hydrogen-bond donors (Lipinski definition) is 3. The topological polar surface area (TPSA) is 133 Å². The molecule has 1 aliphatic heterocycles. The number of ether oxygens (including phenoxy) is 1. The van der Waals surface area contributed by atoms with Gasteiger partial charge in [0.15, 0.2) is 0 Å². The number of nitrogens with zero attached hydrogens (tertiary/aromatic N) is 3. The smallest absolute Gasteiger partial charge is 0.475 e. The predicted octanol–water partition coefficient (Wildman–Crippen LogP) is 4.35. The number of pyridine rings is 1. The predicted molar refractivity (Wildman–Crippen MR) is 128 cm³/mol. The Morgan fingerprint density at radius 1 is 1.05 bits per heavy atom. The summed E-state index contributed by atoms with van der Waals surface area (Å²) in [5.41, 5.74) is 3.81. The first-order valence-electron chi connectivity index (χ1n) is 12.2. The number of piperidine rings is 1. The molecule has 0 aromatic carbocycles. The van der Waals surface area contributed by atoms with Crippen molar-refractivity contribution in [3.05, 3.63) is 35.8 Å². The lowest BCUT2D eigenvalue weighted by Gasteiger charge is -2.52. The number of aryl methyl sites for hydroxylation is 1. The SMILES string of the molecule is Cc1ccc2ncc(CN3CCC4(CC3)CC(NC(=O)OCCF)C4)n2c1.O=C(O)C(F)(F)F.O=C(O)C(F)(F)F. The number of amides is 1. The third kappa shape index (κ3) is 10.4. The van der Waals surface area contributed by atoms with Gasteiger partial charge >= 0.3 is 30.4 Å². The van der Waals surface area contributed by atoms with Crippen molar-refractivity contribution in [3.8, 4) is 0 Å². The maximum absolute atomic E-state index is 12.0. The number of aliphatic carboxylic acids is 2. The number of alkyl carbamates (subject to hydrolysis) is 1. The van der Waals surface area contributed by atoms with Gasteiger partial charge in [0, 0.05) is 18.8 Å². The molecule has 1 spiro atoms. The molecule has 0 atom stereocenters. The number of imidazole rings is 1. The number of halogens is 7. The van der Waals surface area contributed by atoms with Crippen LogP contribution in [-0.4, -0.2) is 87.3 Å². The van der Waals surface area contributed by atoms with E-state index in [4.69, 9.17) is 24.5 Å². The van der Waals surface area contributed by atoms with Gasteiger partial charge in [-0.05, 0) is 62.7 Å².